The van der Waals surface area contributed by atoms with Gasteiger partial charge in [-0.15, -0.1) is 0 Å². The van der Waals surface area contributed by atoms with E-state index in [-0.39, 0.29) is 5.91 Å². The molecule has 2 aromatic carbocycles. The van der Waals surface area contributed by atoms with Crippen LogP contribution in [0, 0.1) is 0 Å². The van der Waals surface area contributed by atoms with E-state index in [0.29, 0.717) is 33.3 Å². The van der Waals surface area contributed by atoms with Gasteiger partial charge in [-0.05, 0) is 42.5 Å². The van der Waals surface area contributed by atoms with Crippen LogP contribution < -0.4 is 10.6 Å². The summed E-state index contributed by atoms with van der Waals surface area (Å²) in [7, 11) is 1.33. The number of hydrogen-bond acceptors (Lipinski definition) is 5. The summed E-state index contributed by atoms with van der Waals surface area (Å²) in [5.74, 6) is -0.343. The number of hydrogen-bond donors (Lipinski definition) is 2. The number of nitrogens with one attached hydrogen (secondary N) is 2. The van der Waals surface area contributed by atoms with E-state index in [2.05, 4.69) is 15.6 Å². The number of carbonyl (C=O) groups excluding carboxylic acids is 2. The van der Waals surface area contributed by atoms with E-state index in [1.165, 1.54) is 7.11 Å². The van der Waals surface area contributed by atoms with Gasteiger partial charge in [0.15, 0.2) is 0 Å². The number of amides is 1. The molecule has 3 aromatic rings. The molecular weight excluding hydrogens is 366 g/mol. The highest BCUT2D eigenvalue weighted by molar-refractivity contribution is 6.31. The van der Waals surface area contributed by atoms with Crippen molar-refractivity contribution in [2.75, 3.05) is 17.7 Å². The van der Waals surface area contributed by atoms with Crippen LogP contribution in [0.1, 0.15) is 20.7 Å². The normalized spacial score (nSPS) is 10.1. The molecule has 0 fully saturated rings. The molecule has 0 saturated carbocycles. The van der Waals surface area contributed by atoms with Gasteiger partial charge in [0.1, 0.15) is 5.82 Å². The third-order valence-corrected chi connectivity index (χ3v) is 3.94. The van der Waals surface area contributed by atoms with Crippen molar-refractivity contribution in [1.82, 2.24) is 4.98 Å². The molecule has 1 aromatic heterocycles. The zero-order valence-electron chi connectivity index (χ0n) is 14.4. The molecule has 0 aliphatic rings. The third-order valence-electron chi connectivity index (χ3n) is 3.70. The van der Waals surface area contributed by atoms with E-state index in [4.69, 9.17) is 16.3 Å². The number of pyridine rings is 1. The number of anilines is 3. The molecule has 0 atom stereocenters. The molecule has 0 unspecified atom stereocenters. The molecule has 0 saturated heterocycles. The number of aromatic nitrogens is 1. The number of para-hydroxylation sites is 1. The third kappa shape index (κ3) is 4.62. The molecule has 1 heterocycles. The van der Waals surface area contributed by atoms with Crippen LogP contribution in [0.2, 0.25) is 5.02 Å². The lowest BCUT2D eigenvalue weighted by Gasteiger charge is -2.11. The summed E-state index contributed by atoms with van der Waals surface area (Å²) in [6.07, 6.45) is 1.56. The molecule has 3 rings (SSSR count). The average Bonchev–Trinajstić information content (AvgIpc) is 2.69. The summed E-state index contributed by atoms with van der Waals surface area (Å²) in [5, 5.41) is 6.30. The summed E-state index contributed by atoms with van der Waals surface area (Å²) in [6.45, 7) is 0. The van der Waals surface area contributed by atoms with Gasteiger partial charge in [0.2, 0.25) is 0 Å². The summed E-state index contributed by atoms with van der Waals surface area (Å²) in [5.41, 5.74) is 2.12. The van der Waals surface area contributed by atoms with Crippen molar-refractivity contribution < 1.29 is 14.3 Å². The lowest BCUT2D eigenvalue weighted by Crippen LogP contribution is -2.12. The van der Waals surface area contributed by atoms with E-state index >= 15 is 0 Å². The Kier molecular flexibility index (Phi) is 5.68. The molecule has 0 aliphatic carbocycles. The summed E-state index contributed by atoms with van der Waals surface area (Å²) in [6, 6.07) is 17.0. The largest absolute Gasteiger partial charge is 0.465 e. The second-order valence-corrected chi connectivity index (χ2v) is 6.00. The Morgan fingerprint density at radius 2 is 1.85 bits per heavy atom. The maximum absolute atomic E-state index is 12.2. The summed E-state index contributed by atoms with van der Waals surface area (Å²) >= 11 is 5.90. The van der Waals surface area contributed by atoms with Gasteiger partial charge in [-0.2, -0.15) is 0 Å². The fourth-order valence-corrected chi connectivity index (χ4v) is 2.59. The minimum Gasteiger partial charge on any atom is -0.465 e. The molecule has 1 amide bonds. The standard InChI is InChI=1S/C20H16ClN3O3/c1-27-20(26)16-7-2-3-8-17(16)23-15-9-10-18(22-12-15)24-19(25)13-5-4-6-14(21)11-13/h2-12,23H,1H3,(H,22,24,25). The SMILES string of the molecule is COC(=O)c1ccccc1Nc1ccc(NC(=O)c2cccc(Cl)c2)nc1. The number of methoxy groups -OCH3 is 1. The molecule has 7 heteroatoms. The first-order valence-electron chi connectivity index (χ1n) is 8.04. The Labute approximate surface area is 161 Å². The number of ether oxygens (including phenoxy) is 1. The number of nitrogens with zero attached hydrogens (tertiary/aromatic N) is 1. The van der Waals surface area contributed by atoms with Gasteiger partial charge in [0, 0.05) is 10.6 Å². The molecule has 0 spiro atoms. The van der Waals surface area contributed by atoms with Gasteiger partial charge in [0.25, 0.3) is 5.91 Å². The molecule has 0 radical (unpaired) electrons. The highest BCUT2D eigenvalue weighted by Gasteiger charge is 2.11. The van der Waals surface area contributed by atoms with Crippen molar-refractivity contribution in [1.29, 1.82) is 0 Å². The second kappa shape index (κ2) is 8.33. The molecule has 0 aliphatic heterocycles. The van der Waals surface area contributed by atoms with E-state index in [1.54, 1.807) is 60.8 Å². The van der Waals surface area contributed by atoms with Crippen LogP contribution >= 0.6 is 11.6 Å². The van der Waals surface area contributed by atoms with Gasteiger partial charge in [0.05, 0.1) is 30.2 Å². The smallest absolute Gasteiger partial charge is 0.339 e. The second-order valence-electron chi connectivity index (χ2n) is 5.56. The zero-order valence-corrected chi connectivity index (χ0v) is 15.2. The molecule has 136 valence electrons. The Morgan fingerprint density at radius 1 is 1.04 bits per heavy atom. The van der Waals surface area contributed by atoms with Crippen molar-refractivity contribution in [3.05, 3.63) is 83.0 Å². The van der Waals surface area contributed by atoms with Crippen LogP contribution in [0.3, 0.4) is 0 Å². The molecule has 2 N–H and O–H groups in total. The minimum atomic E-state index is -0.434. The van der Waals surface area contributed by atoms with Crippen molar-refractivity contribution >= 4 is 40.7 Å². The van der Waals surface area contributed by atoms with Gasteiger partial charge in [-0.1, -0.05) is 29.8 Å². The Hall–Kier alpha value is -3.38. The first-order chi connectivity index (χ1) is 13.1. The monoisotopic (exact) mass is 381 g/mol. The molecular formula is C20H16ClN3O3. The van der Waals surface area contributed by atoms with Crippen LogP contribution in [-0.2, 0) is 4.74 Å². The summed E-state index contributed by atoms with van der Waals surface area (Å²) in [4.78, 5) is 28.3. The van der Waals surface area contributed by atoms with Crippen molar-refractivity contribution in [3.8, 4) is 0 Å². The van der Waals surface area contributed by atoms with Crippen LogP contribution in [0.4, 0.5) is 17.2 Å². The number of rotatable bonds is 5. The Morgan fingerprint density at radius 3 is 2.56 bits per heavy atom. The van der Waals surface area contributed by atoms with Gasteiger partial charge in [-0.3, -0.25) is 4.79 Å². The number of carbonyl (C=O) groups is 2. The predicted octanol–water partition coefficient (Wildman–Crippen LogP) is 4.52. The van der Waals surface area contributed by atoms with Crippen molar-refractivity contribution in [3.63, 3.8) is 0 Å². The van der Waals surface area contributed by atoms with Gasteiger partial charge in [-0.25, -0.2) is 9.78 Å². The fraction of sp³-hybridized carbons (Fsp3) is 0.0500. The fourth-order valence-electron chi connectivity index (χ4n) is 2.40. The maximum Gasteiger partial charge on any atom is 0.339 e. The van der Waals surface area contributed by atoms with Gasteiger partial charge >= 0.3 is 5.97 Å². The molecule has 27 heavy (non-hydrogen) atoms. The number of esters is 1. The summed E-state index contributed by atoms with van der Waals surface area (Å²) < 4.78 is 4.78. The minimum absolute atomic E-state index is 0.304. The molecule has 6 nitrogen and oxygen atoms in total. The van der Waals surface area contributed by atoms with E-state index in [0.717, 1.165) is 0 Å². The van der Waals surface area contributed by atoms with E-state index in [9.17, 15) is 9.59 Å². The van der Waals surface area contributed by atoms with Crippen LogP contribution in [-0.4, -0.2) is 24.0 Å². The van der Waals surface area contributed by atoms with Crippen LogP contribution in [0.25, 0.3) is 0 Å². The number of halogens is 1. The zero-order chi connectivity index (χ0) is 19.2. The quantitative estimate of drug-likeness (QED) is 0.635. The predicted molar refractivity (Wildman–Crippen MR) is 105 cm³/mol. The lowest BCUT2D eigenvalue weighted by atomic mass is 10.1. The highest BCUT2D eigenvalue weighted by atomic mass is 35.5. The van der Waals surface area contributed by atoms with E-state index in [1.807, 2.05) is 6.07 Å². The Balaban J connectivity index is 1.71. The highest BCUT2D eigenvalue weighted by Crippen LogP contribution is 2.22. The van der Waals surface area contributed by atoms with E-state index < -0.39 is 5.97 Å². The van der Waals surface area contributed by atoms with Crippen molar-refractivity contribution in [2.24, 2.45) is 0 Å². The van der Waals surface area contributed by atoms with Crippen LogP contribution in [0.5, 0.6) is 0 Å². The first kappa shape index (κ1) is 18.4. The lowest BCUT2D eigenvalue weighted by molar-refractivity contribution is 0.0601. The Bertz CT molecular complexity index is 974. The maximum atomic E-state index is 12.2. The topological polar surface area (TPSA) is 80.3 Å². The van der Waals surface area contributed by atoms with Gasteiger partial charge < -0.3 is 15.4 Å². The van der Waals surface area contributed by atoms with Crippen LogP contribution in [0.15, 0.2) is 66.9 Å². The first-order valence-corrected chi connectivity index (χ1v) is 8.42. The average molecular weight is 382 g/mol. The molecule has 0 bridgehead atoms. The number of benzene rings is 2. The van der Waals surface area contributed by atoms with Crippen molar-refractivity contribution in [2.45, 2.75) is 0 Å².